The second-order valence-corrected chi connectivity index (χ2v) is 12.0. The van der Waals surface area contributed by atoms with Crippen LogP contribution in [0.2, 0.25) is 0 Å². The van der Waals surface area contributed by atoms with Gasteiger partial charge in [0.15, 0.2) is 5.78 Å². The van der Waals surface area contributed by atoms with Gasteiger partial charge in [-0.25, -0.2) is 9.97 Å². The van der Waals surface area contributed by atoms with Crippen LogP contribution >= 0.6 is 11.3 Å². The van der Waals surface area contributed by atoms with Crippen LogP contribution in [0.1, 0.15) is 56.8 Å². The summed E-state index contributed by atoms with van der Waals surface area (Å²) in [5.41, 5.74) is 5.02. The zero-order valence-corrected chi connectivity index (χ0v) is 24.6. The molecule has 4 aromatic rings. The molecule has 1 N–H and O–H groups in total. The van der Waals surface area contributed by atoms with E-state index in [1.807, 2.05) is 63.5 Å². The van der Waals surface area contributed by atoms with Crippen molar-refractivity contribution < 1.29 is 19.4 Å². The lowest BCUT2D eigenvalue weighted by Crippen LogP contribution is -2.45. The second-order valence-electron chi connectivity index (χ2n) is 11.1. The number of β-amino-alcohol motifs (C(OH)–C–C–N with tert-alkyl or cyclic N) is 1. The largest absolute Gasteiger partial charge is 0.438 e. The van der Waals surface area contributed by atoms with Crippen molar-refractivity contribution in [2.75, 3.05) is 6.54 Å². The fourth-order valence-electron chi connectivity index (χ4n) is 5.52. The van der Waals surface area contributed by atoms with Crippen molar-refractivity contribution in [3.05, 3.63) is 83.9 Å². The predicted octanol–water partition coefficient (Wildman–Crippen LogP) is 6.03. The summed E-state index contributed by atoms with van der Waals surface area (Å²) in [6.45, 7) is 8.08. The minimum Gasteiger partial charge on any atom is -0.438 e. The molecule has 2 aromatic carbocycles. The van der Waals surface area contributed by atoms with Gasteiger partial charge in [-0.1, -0.05) is 63.2 Å². The molecule has 3 heterocycles. The smallest absolute Gasteiger partial charge is 0.246 e. The number of ether oxygens (including phenoxy) is 1. The Hall–Kier alpha value is -3.82. The van der Waals surface area contributed by atoms with Gasteiger partial charge < -0.3 is 19.3 Å². The van der Waals surface area contributed by atoms with Gasteiger partial charge in [-0.05, 0) is 42.0 Å². The maximum Gasteiger partial charge on any atom is 0.246 e. The maximum absolute atomic E-state index is 13.9. The molecule has 5 rings (SSSR count). The number of ketones is 1. The Morgan fingerprint density at radius 3 is 2.46 bits per heavy atom. The van der Waals surface area contributed by atoms with Crippen molar-refractivity contribution in [2.24, 2.45) is 5.92 Å². The number of aromatic nitrogens is 3. The summed E-state index contributed by atoms with van der Waals surface area (Å²) in [5.74, 6) is 0.701. The number of Topliss-reactive ketones (excluding diaryl/α,β-unsaturated/α-hetero) is 1. The Labute approximate surface area is 244 Å². The zero-order chi connectivity index (χ0) is 29.1. The maximum atomic E-state index is 13.9. The average molecular weight is 573 g/mol. The molecule has 1 aliphatic heterocycles. The first-order chi connectivity index (χ1) is 19.7. The number of carbonyl (C=O) groups is 2. The fourth-order valence-corrected chi connectivity index (χ4v) is 6.33. The molecule has 0 bridgehead atoms. The van der Waals surface area contributed by atoms with Gasteiger partial charge in [0, 0.05) is 19.4 Å². The fraction of sp³-hybridized carbons (Fsp3) is 0.375. The molecule has 2 aromatic heterocycles. The van der Waals surface area contributed by atoms with Gasteiger partial charge in [0.2, 0.25) is 11.8 Å². The monoisotopic (exact) mass is 572 g/mol. The molecule has 1 fully saturated rings. The molecule has 0 radical (unpaired) electrons. The number of hydrogen-bond acceptors (Lipinski definition) is 7. The van der Waals surface area contributed by atoms with Crippen molar-refractivity contribution in [3.63, 3.8) is 0 Å². The molecule has 8 nitrogen and oxygen atoms in total. The molecule has 1 amide bonds. The van der Waals surface area contributed by atoms with Gasteiger partial charge in [0.1, 0.15) is 11.8 Å². The SMILES string of the molecule is Cc1ncsc1-c1ccc([C@H](C)CC(=O)[C@@H]2C[C@@H](O)CN2C(=O)[C@H](C(C)C)n2cnc(Oc3ccccc3)c2)cc1. The molecule has 0 aliphatic carbocycles. The lowest BCUT2D eigenvalue weighted by molar-refractivity contribution is -0.141. The molecule has 1 saturated heterocycles. The van der Waals surface area contributed by atoms with E-state index in [2.05, 4.69) is 34.2 Å². The van der Waals surface area contributed by atoms with Crippen LogP contribution in [0.4, 0.5) is 0 Å². The van der Waals surface area contributed by atoms with Gasteiger partial charge in [0.05, 0.1) is 40.8 Å². The number of likely N-dealkylation sites (tertiary alicyclic amines) is 1. The summed E-state index contributed by atoms with van der Waals surface area (Å²) in [7, 11) is 0. The van der Waals surface area contributed by atoms with Crippen LogP contribution in [0.3, 0.4) is 0 Å². The number of rotatable bonds is 10. The molecule has 4 atom stereocenters. The number of imidazole rings is 1. The van der Waals surface area contributed by atoms with E-state index in [0.29, 0.717) is 11.6 Å². The topological polar surface area (TPSA) is 97.6 Å². The van der Waals surface area contributed by atoms with E-state index in [1.54, 1.807) is 33.3 Å². The number of thiazole rings is 1. The van der Waals surface area contributed by atoms with E-state index in [9.17, 15) is 14.7 Å². The number of aryl methyl sites for hydroxylation is 1. The molecule has 0 saturated carbocycles. The van der Waals surface area contributed by atoms with Gasteiger partial charge in [-0.2, -0.15) is 0 Å². The first-order valence-electron chi connectivity index (χ1n) is 14.0. The summed E-state index contributed by atoms with van der Waals surface area (Å²) < 4.78 is 7.58. The van der Waals surface area contributed by atoms with Crippen LogP contribution in [-0.2, 0) is 9.59 Å². The minimum absolute atomic E-state index is 0.0268. The van der Waals surface area contributed by atoms with E-state index in [-0.39, 0.29) is 42.9 Å². The highest BCUT2D eigenvalue weighted by molar-refractivity contribution is 7.13. The number of hydrogen-bond donors (Lipinski definition) is 1. The first kappa shape index (κ1) is 28.7. The van der Waals surface area contributed by atoms with Gasteiger partial charge in [-0.3, -0.25) is 9.59 Å². The molecular weight excluding hydrogens is 536 g/mol. The zero-order valence-electron chi connectivity index (χ0n) is 23.8. The summed E-state index contributed by atoms with van der Waals surface area (Å²) in [5, 5.41) is 10.5. The highest BCUT2D eigenvalue weighted by atomic mass is 32.1. The Bertz CT molecular complexity index is 1480. The number of nitrogens with zero attached hydrogens (tertiary/aromatic N) is 4. The van der Waals surface area contributed by atoms with Crippen molar-refractivity contribution in [1.29, 1.82) is 0 Å². The highest BCUT2D eigenvalue weighted by Gasteiger charge is 2.42. The van der Waals surface area contributed by atoms with Crippen LogP contribution in [0.15, 0.2) is 72.6 Å². The van der Waals surface area contributed by atoms with Gasteiger partial charge in [0.25, 0.3) is 0 Å². The third-order valence-corrected chi connectivity index (χ3v) is 8.66. The highest BCUT2D eigenvalue weighted by Crippen LogP contribution is 2.32. The lowest BCUT2D eigenvalue weighted by Gasteiger charge is -2.30. The standard InChI is InChI=1S/C32H36N4O4S/c1-20(2)30(35-17-29(33-18-35)40-26-8-6-5-7-9-26)32(39)36-16-25(37)15-27(36)28(38)14-21(3)23-10-12-24(13-11-23)31-22(4)34-19-41-31/h5-13,17-21,25,27,30,37H,14-16H2,1-4H3/t21-,25-,27+,30+/m1/s1. The quantitative estimate of drug-likeness (QED) is 0.249. The third kappa shape index (κ3) is 6.41. The molecule has 0 unspecified atom stereocenters. The van der Waals surface area contributed by atoms with Crippen LogP contribution in [0, 0.1) is 12.8 Å². The Morgan fingerprint density at radius 1 is 1.07 bits per heavy atom. The number of aliphatic hydroxyl groups excluding tert-OH is 1. The average Bonchev–Trinajstić information content (AvgIpc) is 3.69. The lowest BCUT2D eigenvalue weighted by atomic mass is 9.91. The number of benzene rings is 2. The summed E-state index contributed by atoms with van der Waals surface area (Å²) in [6, 6.07) is 16.3. The van der Waals surface area contributed by atoms with Gasteiger partial charge in [-0.15, -0.1) is 11.3 Å². The van der Waals surface area contributed by atoms with E-state index in [0.717, 1.165) is 21.7 Å². The van der Waals surface area contributed by atoms with Crippen molar-refractivity contribution in [3.8, 4) is 22.1 Å². The van der Waals surface area contributed by atoms with E-state index in [1.165, 1.54) is 0 Å². The number of aliphatic hydroxyl groups is 1. The Balaban J connectivity index is 1.28. The third-order valence-electron chi connectivity index (χ3n) is 7.68. The van der Waals surface area contributed by atoms with Crippen molar-refractivity contribution >= 4 is 23.0 Å². The predicted molar refractivity (Wildman–Crippen MR) is 159 cm³/mol. The summed E-state index contributed by atoms with van der Waals surface area (Å²) >= 11 is 1.61. The van der Waals surface area contributed by atoms with E-state index >= 15 is 0 Å². The molecular formula is C32H36N4O4S. The van der Waals surface area contributed by atoms with E-state index in [4.69, 9.17) is 4.74 Å². The number of amides is 1. The Kier molecular flexibility index (Phi) is 8.65. The van der Waals surface area contributed by atoms with Crippen LogP contribution in [0.5, 0.6) is 11.6 Å². The minimum atomic E-state index is -0.738. The van der Waals surface area contributed by atoms with Crippen LogP contribution in [-0.4, -0.2) is 54.9 Å². The van der Waals surface area contributed by atoms with Gasteiger partial charge >= 0.3 is 0 Å². The summed E-state index contributed by atoms with van der Waals surface area (Å²) in [4.78, 5) is 38.9. The van der Waals surface area contributed by atoms with Crippen LogP contribution < -0.4 is 4.74 Å². The van der Waals surface area contributed by atoms with E-state index < -0.39 is 18.2 Å². The van der Waals surface area contributed by atoms with Crippen molar-refractivity contribution in [2.45, 2.75) is 64.6 Å². The first-order valence-corrected chi connectivity index (χ1v) is 14.9. The summed E-state index contributed by atoms with van der Waals surface area (Å²) in [6.07, 6.45) is 3.09. The number of para-hydroxylation sites is 1. The Morgan fingerprint density at radius 2 is 1.80 bits per heavy atom. The molecule has 0 spiro atoms. The van der Waals surface area contributed by atoms with Crippen LogP contribution in [0.25, 0.3) is 10.4 Å². The van der Waals surface area contributed by atoms with Crippen molar-refractivity contribution in [1.82, 2.24) is 19.4 Å². The number of carbonyl (C=O) groups excluding carboxylic acids is 2. The molecule has 1 aliphatic rings. The molecule has 9 heteroatoms. The molecule has 41 heavy (non-hydrogen) atoms. The molecule has 214 valence electrons. The second kappa shape index (κ2) is 12.4. The normalized spacial score (nSPS) is 18.4.